The van der Waals surface area contributed by atoms with Crippen LogP contribution in [-0.4, -0.2) is 43.2 Å². The van der Waals surface area contributed by atoms with Crippen molar-refractivity contribution < 1.29 is 0 Å². The van der Waals surface area contributed by atoms with Gasteiger partial charge in [0.2, 0.25) is 0 Å². The topological polar surface area (TPSA) is 52.6 Å². The van der Waals surface area contributed by atoms with Crippen molar-refractivity contribution >= 4 is 11.8 Å². The van der Waals surface area contributed by atoms with E-state index in [9.17, 15) is 0 Å². The molecule has 4 rings (SSSR count). The molecule has 1 saturated carbocycles. The van der Waals surface area contributed by atoms with Gasteiger partial charge in [0, 0.05) is 38.4 Å². The first-order chi connectivity index (χ1) is 14.7. The molecule has 0 unspecified atom stereocenters. The summed E-state index contributed by atoms with van der Waals surface area (Å²) in [5, 5.41) is 7.15. The Morgan fingerprint density at radius 3 is 2.53 bits per heavy atom. The number of benzene rings is 1. The lowest BCUT2D eigenvalue weighted by Crippen LogP contribution is -2.49. The van der Waals surface area contributed by atoms with Gasteiger partial charge >= 0.3 is 0 Å². The fourth-order valence-corrected chi connectivity index (χ4v) is 4.26. The summed E-state index contributed by atoms with van der Waals surface area (Å²) in [5.41, 5.74) is 3.01. The number of hydrogen-bond donors (Lipinski definition) is 2. The SMILES string of the molecule is CCNC(=NCC1(Cc2ccccc2)CC1)NC1CCN(c2ccc(C)cn2)CC1. The number of guanidine groups is 1. The van der Waals surface area contributed by atoms with E-state index in [-0.39, 0.29) is 0 Å². The zero-order valence-corrected chi connectivity index (χ0v) is 18.4. The smallest absolute Gasteiger partial charge is 0.191 e. The Morgan fingerprint density at radius 1 is 1.13 bits per heavy atom. The van der Waals surface area contributed by atoms with Crippen molar-refractivity contribution in [3.8, 4) is 0 Å². The van der Waals surface area contributed by atoms with E-state index in [2.05, 4.69) is 76.8 Å². The molecule has 1 aliphatic carbocycles. The van der Waals surface area contributed by atoms with Gasteiger partial charge in [0.05, 0.1) is 0 Å². The molecule has 2 N–H and O–H groups in total. The molecule has 0 radical (unpaired) electrons. The summed E-state index contributed by atoms with van der Waals surface area (Å²) in [6.45, 7) is 8.09. The second-order valence-electron chi connectivity index (χ2n) is 8.96. The van der Waals surface area contributed by atoms with Gasteiger partial charge < -0.3 is 15.5 Å². The average molecular weight is 406 g/mol. The first-order valence-electron chi connectivity index (χ1n) is 11.4. The standard InChI is InChI=1S/C25H35N5/c1-3-26-24(28-19-25(13-14-25)17-21-7-5-4-6-8-21)29-22-11-15-30(16-12-22)23-10-9-20(2)18-27-23/h4-10,18,22H,3,11-17,19H2,1-2H3,(H2,26,28,29). The Kier molecular flexibility index (Phi) is 6.56. The largest absolute Gasteiger partial charge is 0.357 e. The van der Waals surface area contributed by atoms with Crippen molar-refractivity contribution in [2.24, 2.45) is 10.4 Å². The Morgan fingerprint density at radius 2 is 1.90 bits per heavy atom. The normalized spacial score (nSPS) is 18.9. The Balaban J connectivity index is 1.30. The highest BCUT2D eigenvalue weighted by atomic mass is 15.2. The van der Waals surface area contributed by atoms with Gasteiger partial charge in [-0.15, -0.1) is 0 Å². The van der Waals surface area contributed by atoms with Crippen LogP contribution < -0.4 is 15.5 Å². The van der Waals surface area contributed by atoms with Crippen LogP contribution in [0.5, 0.6) is 0 Å². The molecule has 2 aromatic rings. The molecule has 160 valence electrons. The molecule has 0 spiro atoms. The number of nitrogens with one attached hydrogen (secondary N) is 2. The Bertz CT molecular complexity index is 818. The van der Waals surface area contributed by atoms with Crippen molar-refractivity contribution in [1.29, 1.82) is 0 Å². The summed E-state index contributed by atoms with van der Waals surface area (Å²) in [7, 11) is 0. The van der Waals surface area contributed by atoms with Crippen LogP contribution in [0, 0.1) is 12.3 Å². The maximum absolute atomic E-state index is 4.99. The predicted molar refractivity (Wildman–Crippen MR) is 125 cm³/mol. The number of aromatic nitrogens is 1. The molecule has 0 amide bonds. The molecule has 1 aromatic carbocycles. The molecule has 2 aliphatic rings. The van der Waals surface area contributed by atoms with E-state index in [1.54, 1.807) is 0 Å². The van der Waals surface area contributed by atoms with Crippen LogP contribution >= 0.6 is 0 Å². The van der Waals surface area contributed by atoms with E-state index in [0.29, 0.717) is 11.5 Å². The minimum atomic E-state index is 0.365. The number of nitrogens with zero attached hydrogens (tertiary/aromatic N) is 3. The Labute approximate surface area is 181 Å². The summed E-state index contributed by atoms with van der Waals surface area (Å²) >= 11 is 0. The molecule has 5 heteroatoms. The molecule has 5 nitrogen and oxygen atoms in total. The molecular weight excluding hydrogens is 370 g/mol. The third-order valence-corrected chi connectivity index (χ3v) is 6.35. The van der Waals surface area contributed by atoms with Crippen LogP contribution in [0.4, 0.5) is 5.82 Å². The highest BCUT2D eigenvalue weighted by molar-refractivity contribution is 5.80. The predicted octanol–water partition coefficient (Wildman–Crippen LogP) is 3.94. The summed E-state index contributed by atoms with van der Waals surface area (Å²) in [6.07, 6.45) is 7.88. The van der Waals surface area contributed by atoms with Crippen LogP contribution in [0.25, 0.3) is 0 Å². The lowest BCUT2D eigenvalue weighted by Gasteiger charge is -2.34. The van der Waals surface area contributed by atoms with Gasteiger partial charge in [-0.1, -0.05) is 36.4 Å². The number of rotatable bonds is 7. The highest BCUT2D eigenvalue weighted by Crippen LogP contribution is 2.48. The summed E-state index contributed by atoms with van der Waals surface area (Å²) in [4.78, 5) is 12.0. The number of aliphatic imine (C=N–C) groups is 1. The minimum absolute atomic E-state index is 0.365. The second kappa shape index (κ2) is 9.50. The quantitative estimate of drug-likeness (QED) is 0.541. The summed E-state index contributed by atoms with van der Waals surface area (Å²) < 4.78 is 0. The molecule has 0 atom stereocenters. The maximum atomic E-state index is 4.99. The van der Waals surface area contributed by atoms with E-state index in [1.807, 2.05) is 6.20 Å². The van der Waals surface area contributed by atoms with E-state index in [0.717, 1.165) is 57.2 Å². The van der Waals surface area contributed by atoms with Gasteiger partial charge in [-0.3, -0.25) is 4.99 Å². The molecule has 0 bridgehead atoms. The van der Waals surface area contributed by atoms with E-state index in [1.165, 1.54) is 24.0 Å². The lowest BCUT2D eigenvalue weighted by atomic mass is 9.97. The van der Waals surface area contributed by atoms with Gasteiger partial charge in [0.25, 0.3) is 0 Å². The monoisotopic (exact) mass is 405 g/mol. The van der Waals surface area contributed by atoms with Crippen molar-refractivity contribution in [2.45, 2.75) is 52.0 Å². The number of aryl methyl sites for hydroxylation is 1. The van der Waals surface area contributed by atoms with Gasteiger partial charge in [-0.2, -0.15) is 0 Å². The fourth-order valence-electron chi connectivity index (χ4n) is 4.26. The molecule has 1 aromatic heterocycles. The number of anilines is 1. The van der Waals surface area contributed by atoms with Crippen LogP contribution in [0.2, 0.25) is 0 Å². The second-order valence-corrected chi connectivity index (χ2v) is 8.96. The Hall–Kier alpha value is -2.56. The van der Waals surface area contributed by atoms with Crippen molar-refractivity contribution in [3.63, 3.8) is 0 Å². The molecular formula is C25H35N5. The molecule has 2 fully saturated rings. The number of hydrogen-bond acceptors (Lipinski definition) is 3. The third-order valence-electron chi connectivity index (χ3n) is 6.35. The summed E-state index contributed by atoms with van der Waals surface area (Å²) in [5.74, 6) is 2.07. The van der Waals surface area contributed by atoms with Gasteiger partial charge in [-0.25, -0.2) is 4.98 Å². The van der Waals surface area contributed by atoms with Crippen LogP contribution in [0.1, 0.15) is 43.7 Å². The molecule has 30 heavy (non-hydrogen) atoms. The third kappa shape index (κ3) is 5.53. The van der Waals surface area contributed by atoms with E-state index in [4.69, 9.17) is 4.99 Å². The maximum Gasteiger partial charge on any atom is 0.191 e. The molecule has 1 aliphatic heterocycles. The minimum Gasteiger partial charge on any atom is -0.357 e. The first kappa shape index (κ1) is 20.7. The fraction of sp³-hybridized carbons (Fsp3) is 0.520. The van der Waals surface area contributed by atoms with Crippen molar-refractivity contribution in [1.82, 2.24) is 15.6 Å². The molecule has 1 saturated heterocycles. The first-order valence-corrected chi connectivity index (χ1v) is 11.4. The molecule has 2 heterocycles. The number of pyridine rings is 1. The van der Waals surface area contributed by atoms with Crippen molar-refractivity contribution in [3.05, 3.63) is 59.8 Å². The van der Waals surface area contributed by atoms with Crippen LogP contribution in [-0.2, 0) is 6.42 Å². The van der Waals surface area contributed by atoms with Gasteiger partial charge in [-0.05, 0) is 68.6 Å². The zero-order chi connectivity index (χ0) is 20.8. The average Bonchev–Trinajstić information content (AvgIpc) is 3.54. The van der Waals surface area contributed by atoms with Gasteiger partial charge in [0.1, 0.15) is 5.82 Å². The highest BCUT2D eigenvalue weighted by Gasteiger charge is 2.42. The summed E-state index contributed by atoms with van der Waals surface area (Å²) in [6, 6.07) is 15.6. The van der Waals surface area contributed by atoms with Crippen LogP contribution in [0.3, 0.4) is 0 Å². The van der Waals surface area contributed by atoms with E-state index >= 15 is 0 Å². The van der Waals surface area contributed by atoms with Crippen LogP contribution in [0.15, 0.2) is 53.7 Å². The lowest BCUT2D eigenvalue weighted by molar-refractivity contribution is 0.457. The van der Waals surface area contributed by atoms with Gasteiger partial charge in [0.15, 0.2) is 5.96 Å². The van der Waals surface area contributed by atoms with Crippen molar-refractivity contribution in [2.75, 3.05) is 31.1 Å². The zero-order valence-electron chi connectivity index (χ0n) is 18.4. The van der Waals surface area contributed by atoms with E-state index < -0.39 is 0 Å². The number of piperidine rings is 1.